The van der Waals surface area contributed by atoms with E-state index in [2.05, 4.69) is 15.6 Å². The molecule has 0 saturated carbocycles. The molecule has 0 bridgehead atoms. The number of rotatable bonds is 4. The van der Waals surface area contributed by atoms with E-state index in [1.807, 2.05) is 37.3 Å². The Morgan fingerprint density at radius 1 is 1.17 bits per heavy atom. The molecular formula is C21H17ClN4O2S. The molecule has 0 fully saturated rings. The zero-order valence-corrected chi connectivity index (χ0v) is 17.3. The molecule has 0 aliphatic heterocycles. The number of halogens is 1. The van der Waals surface area contributed by atoms with Gasteiger partial charge in [0.15, 0.2) is 4.83 Å². The second kappa shape index (κ2) is 7.77. The zero-order valence-electron chi connectivity index (χ0n) is 15.7. The van der Waals surface area contributed by atoms with Crippen LogP contribution in [0.2, 0.25) is 5.02 Å². The van der Waals surface area contributed by atoms with Crippen molar-refractivity contribution < 1.29 is 4.79 Å². The molecule has 2 aromatic carbocycles. The Balaban J connectivity index is 1.66. The average molecular weight is 425 g/mol. The number of fused-ring (bicyclic) bond motifs is 1. The maximum Gasteiger partial charge on any atom is 0.279 e. The first-order chi connectivity index (χ1) is 14.0. The summed E-state index contributed by atoms with van der Waals surface area (Å²) < 4.78 is 1.11. The van der Waals surface area contributed by atoms with Crippen LogP contribution in [0.1, 0.15) is 18.5 Å². The van der Waals surface area contributed by atoms with Crippen LogP contribution in [0.4, 0.5) is 5.69 Å². The summed E-state index contributed by atoms with van der Waals surface area (Å²) >= 11 is 7.51. The van der Waals surface area contributed by atoms with E-state index in [9.17, 15) is 9.59 Å². The number of hydrogen-bond donors (Lipinski definition) is 1. The summed E-state index contributed by atoms with van der Waals surface area (Å²) in [6, 6.07) is 16.0. The van der Waals surface area contributed by atoms with Gasteiger partial charge in [0.25, 0.3) is 5.56 Å². The Morgan fingerprint density at radius 3 is 2.69 bits per heavy atom. The Morgan fingerprint density at radius 2 is 1.93 bits per heavy atom. The lowest BCUT2D eigenvalue weighted by molar-refractivity contribution is -0.119. The normalized spacial score (nSPS) is 12.1. The van der Waals surface area contributed by atoms with Gasteiger partial charge >= 0.3 is 0 Å². The van der Waals surface area contributed by atoms with Gasteiger partial charge in [-0.3, -0.25) is 9.59 Å². The summed E-state index contributed by atoms with van der Waals surface area (Å²) in [4.78, 5) is 27.1. The summed E-state index contributed by atoms with van der Waals surface area (Å²) in [7, 11) is 0. The van der Waals surface area contributed by atoms with Crippen molar-refractivity contribution in [3.8, 4) is 10.4 Å². The minimum absolute atomic E-state index is 0.348. The molecule has 0 spiro atoms. The zero-order chi connectivity index (χ0) is 20.5. The Labute approximate surface area is 175 Å². The lowest BCUT2D eigenvalue weighted by Gasteiger charge is -2.15. The monoisotopic (exact) mass is 424 g/mol. The number of nitrogens with zero attached hydrogens (tertiary/aromatic N) is 3. The lowest BCUT2D eigenvalue weighted by atomic mass is 10.2. The van der Waals surface area contributed by atoms with Gasteiger partial charge in [0.2, 0.25) is 5.91 Å². The highest BCUT2D eigenvalue weighted by molar-refractivity contribution is 7.21. The number of carbonyl (C=O) groups is 1. The second-order valence-electron chi connectivity index (χ2n) is 6.61. The molecule has 1 N–H and O–H groups in total. The molecule has 4 aromatic rings. The summed E-state index contributed by atoms with van der Waals surface area (Å²) in [5, 5.41) is 12.0. The fourth-order valence-electron chi connectivity index (χ4n) is 2.95. The first-order valence-electron chi connectivity index (χ1n) is 8.96. The van der Waals surface area contributed by atoms with E-state index in [0.29, 0.717) is 20.9 Å². The van der Waals surface area contributed by atoms with Gasteiger partial charge < -0.3 is 5.32 Å². The van der Waals surface area contributed by atoms with Gasteiger partial charge in [0.05, 0.1) is 5.39 Å². The molecular weight excluding hydrogens is 408 g/mol. The van der Waals surface area contributed by atoms with Crippen molar-refractivity contribution in [2.24, 2.45) is 0 Å². The number of carbonyl (C=O) groups excluding carboxylic acids is 1. The second-order valence-corrected chi connectivity index (χ2v) is 8.05. The van der Waals surface area contributed by atoms with Crippen LogP contribution in [-0.4, -0.2) is 20.9 Å². The Bertz CT molecular complexity index is 1270. The van der Waals surface area contributed by atoms with Crippen molar-refractivity contribution in [2.45, 2.75) is 19.9 Å². The fraction of sp³-hybridized carbons (Fsp3) is 0.143. The highest BCUT2D eigenvalue weighted by Crippen LogP contribution is 2.30. The predicted molar refractivity (Wildman–Crippen MR) is 117 cm³/mol. The maximum absolute atomic E-state index is 13.0. The third-order valence-corrected chi connectivity index (χ3v) is 6.19. The van der Waals surface area contributed by atoms with Gasteiger partial charge in [-0.15, -0.1) is 16.4 Å². The number of amides is 1. The van der Waals surface area contributed by atoms with Crippen LogP contribution in [0.15, 0.2) is 59.4 Å². The van der Waals surface area contributed by atoms with Crippen LogP contribution in [0, 0.1) is 6.92 Å². The average Bonchev–Trinajstić information content (AvgIpc) is 3.17. The highest BCUT2D eigenvalue weighted by Gasteiger charge is 2.21. The van der Waals surface area contributed by atoms with Crippen molar-refractivity contribution in [1.29, 1.82) is 0 Å². The smallest absolute Gasteiger partial charge is 0.279 e. The van der Waals surface area contributed by atoms with E-state index >= 15 is 0 Å². The molecule has 4 rings (SSSR count). The SMILES string of the molecule is Cc1c(Cl)cccc1NC(=O)C(C)n1nnc2sc(-c3ccccc3)cc2c1=O. The fourth-order valence-corrected chi connectivity index (χ4v) is 4.10. The van der Waals surface area contributed by atoms with Gasteiger partial charge in [0.1, 0.15) is 6.04 Å². The Hall–Kier alpha value is -3.03. The molecule has 6 nitrogen and oxygen atoms in total. The third kappa shape index (κ3) is 3.66. The lowest BCUT2D eigenvalue weighted by Crippen LogP contribution is -2.34. The first kappa shape index (κ1) is 19.3. The van der Waals surface area contributed by atoms with E-state index in [-0.39, 0.29) is 11.5 Å². The van der Waals surface area contributed by atoms with Crippen LogP contribution >= 0.6 is 22.9 Å². The largest absolute Gasteiger partial charge is 0.324 e. The van der Waals surface area contributed by atoms with Gasteiger partial charge in [-0.2, -0.15) is 4.68 Å². The molecule has 29 heavy (non-hydrogen) atoms. The number of nitrogens with one attached hydrogen (secondary N) is 1. The number of hydrogen-bond acceptors (Lipinski definition) is 5. The van der Waals surface area contributed by atoms with Gasteiger partial charge in [-0.1, -0.05) is 53.2 Å². The molecule has 0 saturated heterocycles. The van der Waals surface area contributed by atoms with Crippen LogP contribution in [0.5, 0.6) is 0 Å². The van der Waals surface area contributed by atoms with Gasteiger partial charge in [-0.25, -0.2) is 0 Å². The standard InChI is InChI=1S/C21H17ClN4O2S/c1-12-16(22)9-6-10-17(12)23-19(27)13(2)26-21(28)15-11-18(29-20(15)24-25-26)14-7-4-3-5-8-14/h3-11,13H,1-2H3,(H,23,27). The summed E-state index contributed by atoms with van der Waals surface area (Å²) in [5.41, 5.74) is 2.01. The van der Waals surface area contributed by atoms with E-state index in [0.717, 1.165) is 20.7 Å². The molecule has 1 unspecified atom stereocenters. The van der Waals surface area contributed by atoms with Crippen LogP contribution in [-0.2, 0) is 4.79 Å². The molecule has 1 atom stereocenters. The van der Waals surface area contributed by atoms with E-state index in [1.165, 1.54) is 11.3 Å². The number of aromatic nitrogens is 3. The topological polar surface area (TPSA) is 76.9 Å². The number of anilines is 1. The summed E-state index contributed by atoms with van der Waals surface area (Å²) in [5.74, 6) is -0.371. The maximum atomic E-state index is 13.0. The number of benzene rings is 2. The summed E-state index contributed by atoms with van der Waals surface area (Å²) in [6.45, 7) is 3.43. The first-order valence-corrected chi connectivity index (χ1v) is 10.2. The molecule has 1 amide bonds. The third-order valence-electron chi connectivity index (χ3n) is 4.71. The molecule has 8 heteroatoms. The predicted octanol–water partition coefficient (Wildman–Crippen LogP) is 4.68. The van der Waals surface area contributed by atoms with Crippen molar-refractivity contribution in [1.82, 2.24) is 15.0 Å². The van der Waals surface area contributed by atoms with Gasteiger partial charge in [0, 0.05) is 15.6 Å². The number of thiophene rings is 1. The Kier molecular flexibility index (Phi) is 5.17. The molecule has 146 valence electrons. The molecule has 0 radical (unpaired) electrons. The molecule has 0 aliphatic carbocycles. The van der Waals surface area contributed by atoms with Crippen LogP contribution < -0.4 is 10.9 Å². The van der Waals surface area contributed by atoms with E-state index in [4.69, 9.17) is 11.6 Å². The highest BCUT2D eigenvalue weighted by atomic mass is 35.5. The minimum Gasteiger partial charge on any atom is -0.324 e. The van der Waals surface area contributed by atoms with E-state index < -0.39 is 6.04 Å². The quantitative estimate of drug-likeness (QED) is 0.516. The summed E-state index contributed by atoms with van der Waals surface area (Å²) in [6.07, 6.45) is 0. The van der Waals surface area contributed by atoms with Crippen molar-refractivity contribution in [3.63, 3.8) is 0 Å². The van der Waals surface area contributed by atoms with Crippen LogP contribution in [0.25, 0.3) is 20.7 Å². The minimum atomic E-state index is -0.835. The van der Waals surface area contributed by atoms with Crippen LogP contribution in [0.3, 0.4) is 0 Å². The molecule has 0 aliphatic rings. The van der Waals surface area contributed by atoms with Gasteiger partial charge in [-0.05, 0) is 43.2 Å². The van der Waals surface area contributed by atoms with E-state index in [1.54, 1.807) is 31.2 Å². The van der Waals surface area contributed by atoms with Crippen molar-refractivity contribution in [3.05, 3.63) is 75.5 Å². The molecule has 2 heterocycles. The van der Waals surface area contributed by atoms with Crippen molar-refractivity contribution in [2.75, 3.05) is 5.32 Å². The molecule has 2 aromatic heterocycles. The van der Waals surface area contributed by atoms with Crippen molar-refractivity contribution >= 4 is 44.7 Å².